The maximum Gasteiger partial charge on any atom is 0.416 e. The number of alkyl halides is 3. The number of carboxylic acid groups (broad SMARTS) is 1. The van der Waals surface area contributed by atoms with Gasteiger partial charge in [0.2, 0.25) is 5.91 Å². The summed E-state index contributed by atoms with van der Waals surface area (Å²) in [6.45, 7) is 0.442. The number of carbonyl (C=O) groups excluding carboxylic acids is 1. The van der Waals surface area contributed by atoms with Gasteiger partial charge in [-0.1, -0.05) is 42.5 Å². The number of aliphatic carboxylic acids is 1. The van der Waals surface area contributed by atoms with E-state index in [1.807, 2.05) is 30.3 Å². The number of nitrogens with zero attached hydrogens (tertiary/aromatic N) is 1. The van der Waals surface area contributed by atoms with E-state index in [1.54, 1.807) is 0 Å². The van der Waals surface area contributed by atoms with Gasteiger partial charge >= 0.3 is 12.1 Å². The number of carboxylic acids is 1. The van der Waals surface area contributed by atoms with Crippen LogP contribution < -0.4 is 0 Å². The molecule has 0 bridgehead atoms. The number of benzene rings is 2. The highest BCUT2D eigenvalue weighted by Crippen LogP contribution is 2.30. The minimum atomic E-state index is -4.42. The van der Waals surface area contributed by atoms with Gasteiger partial charge in [-0.25, -0.2) is 0 Å². The van der Waals surface area contributed by atoms with Gasteiger partial charge < -0.3 is 10.0 Å². The van der Waals surface area contributed by atoms with Crippen molar-refractivity contribution in [1.29, 1.82) is 0 Å². The fraction of sp³-hybridized carbons (Fsp3) is 0.333. The van der Waals surface area contributed by atoms with Crippen LogP contribution in [0.3, 0.4) is 0 Å². The normalized spacial score (nSPS) is 19.6. The predicted molar refractivity (Wildman–Crippen MR) is 96.5 cm³/mol. The van der Waals surface area contributed by atoms with Crippen LogP contribution in [-0.2, 0) is 28.6 Å². The third kappa shape index (κ3) is 4.71. The number of hydrogen-bond donors (Lipinski definition) is 1. The van der Waals surface area contributed by atoms with E-state index in [9.17, 15) is 27.9 Å². The van der Waals surface area contributed by atoms with Gasteiger partial charge in [0.1, 0.15) is 0 Å². The van der Waals surface area contributed by atoms with Gasteiger partial charge in [-0.05, 0) is 35.6 Å². The van der Waals surface area contributed by atoms with Crippen LogP contribution in [0.5, 0.6) is 0 Å². The topological polar surface area (TPSA) is 57.6 Å². The lowest BCUT2D eigenvalue weighted by Crippen LogP contribution is -2.31. The molecule has 3 rings (SSSR count). The summed E-state index contributed by atoms with van der Waals surface area (Å²) in [4.78, 5) is 25.7. The Morgan fingerprint density at radius 2 is 1.61 bits per heavy atom. The second-order valence-electron chi connectivity index (χ2n) is 7.06. The Hall–Kier alpha value is -2.83. The predicted octanol–water partition coefficient (Wildman–Crippen LogP) is 3.65. The molecule has 0 radical (unpaired) electrons. The van der Waals surface area contributed by atoms with Gasteiger partial charge in [-0.15, -0.1) is 0 Å². The number of carbonyl (C=O) groups is 2. The first kappa shape index (κ1) is 19.9. The van der Waals surface area contributed by atoms with Gasteiger partial charge in [0, 0.05) is 13.1 Å². The number of halogens is 3. The van der Waals surface area contributed by atoms with Crippen molar-refractivity contribution in [3.05, 3.63) is 71.3 Å². The Morgan fingerprint density at radius 1 is 0.964 bits per heavy atom. The molecule has 1 amide bonds. The molecule has 2 aromatic rings. The maximum absolute atomic E-state index is 12.6. The van der Waals surface area contributed by atoms with E-state index in [0.29, 0.717) is 18.5 Å². The smallest absolute Gasteiger partial charge is 0.416 e. The average Bonchev–Trinajstić information content (AvgIpc) is 3.06. The summed E-state index contributed by atoms with van der Waals surface area (Å²) in [5.74, 6) is -2.07. The monoisotopic (exact) mass is 391 g/mol. The van der Waals surface area contributed by atoms with Crippen LogP contribution in [0.4, 0.5) is 13.2 Å². The van der Waals surface area contributed by atoms with Crippen molar-refractivity contribution in [3.8, 4) is 0 Å². The van der Waals surface area contributed by atoms with Crippen molar-refractivity contribution < 1.29 is 27.9 Å². The summed E-state index contributed by atoms with van der Waals surface area (Å²) in [6.07, 6.45) is -3.92. The van der Waals surface area contributed by atoms with Gasteiger partial charge in [-0.3, -0.25) is 9.59 Å². The van der Waals surface area contributed by atoms with E-state index >= 15 is 0 Å². The number of amides is 1. The zero-order chi connectivity index (χ0) is 20.3. The highest BCUT2D eigenvalue weighted by Gasteiger charge is 2.39. The number of rotatable bonds is 5. The molecule has 0 spiro atoms. The van der Waals surface area contributed by atoms with Crippen molar-refractivity contribution in [1.82, 2.24) is 4.90 Å². The average molecular weight is 391 g/mol. The summed E-state index contributed by atoms with van der Waals surface area (Å²) in [7, 11) is 0. The summed E-state index contributed by atoms with van der Waals surface area (Å²) < 4.78 is 37.9. The summed E-state index contributed by atoms with van der Waals surface area (Å²) >= 11 is 0. The van der Waals surface area contributed by atoms with Crippen LogP contribution in [0.2, 0.25) is 0 Å². The van der Waals surface area contributed by atoms with Crippen molar-refractivity contribution in [2.45, 2.75) is 19.0 Å². The Kier molecular flexibility index (Phi) is 5.72. The van der Waals surface area contributed by atoms with Crippen LogP contribution in [0.15, 0.2) is 54.6 Å². The first-order valence-corrected chi connectivity index (χ1v) is 8.94. The summed E-state index contributed by atoms with van der Waals surface area (Å²) in [5, 5.41) is 9.51. The first-order chi connectivity index (χ1) is 13.2. The lowest BCUT2D eigenvalue weighted by atomic mass is 9.90. The Balaban J connectivity index is 1.66. The van der Waals surface area contributed by atoms with Gasteiger partial charge in [0.25, 0.3) is 0 Å². The quantitative estimate of drug-likeness (QED) is 0.847. The van der Waals surface area contributed by atoms with Gasteiger partial charge in [0.15, 0.2) is 0 Å². The fourth-order valence-electron chi connectivity index (χ4n) is 3.58. The molecule has 1 saturated heterocycles. The van der Waals surface area contributed by atoms with E-state index in [-0.39, 0.29) is 24.8 Å². The van der Waals surface area contributed by atoms with E-state index in [1.165, 1.54) is 17.0 Å². The van der Waals surface area contributed by atoms with Crippen LogP contribution in [0.25, 0.3) is 0 Å². The molecule has 7 heteroatoms. The Morgan fingerprint density at radius 3 is 2.18 bits per heavy atom. The van der Waals surface area contributed by atoms with Gasteiger partial charge in [0.05, 0.1) is 17.9 Å². The molecule has 1 aliphatic rings. The van der Waals surface area contributed by atoms with Gasteiger partial charge in [-0.2, -0.15) is 13.2 Å². The molecular weight excluding hydrogens is 371 g/mol. The van der Waals surface area contributed by atoms with Crippen molar-refractivity contribution in [2.75, 3.05) is 13.1 Å². The molecular formula is C21H20F3NO3. The molecule has 0 aliphatic carbocycles. The van der Waals surface area contributed by atoms with Crippen LogP contribution in [-0.4, -0.2) is 35.0 Å². The van der Waals surface area contributed by atoms with E-state index in [2.05, 4.69) is 0 Å². The Bertz CT molecular complexity index is 834. The second kappa shape index (κ2) is 8.04. The van der Waals surface area contributed by atoms with Crippen molar-refractivity contribution >= 4 is 11.9 Å². The molecule has 1 N–H and O–H groups in total. The number of hydrogen-bond acceptors (Lipinski definition) is 2. The van der Waals surface area contributed by atoms with E-state index < -0.39 is 23.6 Å². The number of likely N-dealkylation sites (tertiary alicyclic amines) is 1. The molecule has 1 heterocycles. The fourth-order valence-corrected chi connectivity index (χ4v) is 3.58. The van der Waals surface area contributed by atoms with Crippen LogP contribution in [0, 0.1) is 11.8 Å². The maximum atomic E-state index is 12.6. The third-order valence-corrected chi connectivity index (χ3v) is 5.09. The molecule has 1 aliphatic heterocycles. The van der Waals surface area contributed by atoms with E-state index in [4.69, 9.17) is 0 Å². The SMILES string of the molecule is O=C(O)[C@@H]1CN(C(=O)Cc2ccc(C(F)(F)F)cc2)C[C@H]1Cc1ccccc1. The molecule has 2 atom stereocenters. The molecule has 2 aromatic carbocycles. The third-order valence-electron chi connectivity index (χ3n) is 5.09. The first-order valence-electron chi connectivity index (χ1n) is 8.94. The second-order valence-corrected chi connectivity index (χ2v) is 7.06. The molecule has 148 valence electrons. The summed E-state index contributed by atoms with van der Waals surface area (Å²) in [5.41, 5.74) is 0.714. The highest BCUT2D eigenvalue weighted by atomic mass is 19.4. The van der Waals surface area contributed by atoms with Crippen molar-refractivity contribution in [2.24, 2.45) is 11.8 Å². The highest BCUT2D eigenvalue weighted by molar-refractivity contribution is 5.81. The largest absolute Gasteiger partial charge is 0.481 e. The van der Waals surface area contributed by atoms with Crippen LogP contribution in [0.1, 0.15) is 16.7 Å². The molecule has 0 unspecified atom stereocenters. The standard InChI is InChI=1S/C21H20F3NO3/c22-21(23,24)17-8-6-15(7-9-17)11-19(26)25-12-16(18(13-25)20(27)28)10-14-4-2-1-3-5-14/h1-9,16,18H,10-13H2,(H,27,28)/t16-,18-/m1/s1. The van der Waals surface area contributed by atoms with Crippen LogP contribution >= 0.6 is 0 Å². The zero-order valence-corrected chi connectivity index (χ0v) is 15.0. The van der Waals surface area contributed by atoms with Crippen molar-refractivity contribution in [3.63, 3.8) is 0 Å². The Labute approximate surface area is 160 Å². The lowest BCUT2D eigenvalue weighted by Gasteiger charge is -2.17. The molecule has 0 saturated carbocycles. The van der Waals surface area contributed by atoms with E-state index in [0.717, 1.165) is 17.7 Å². The summed E-state index contributed by atoms with van der Waals surface area (Å²) in [6, 6.07) is 14.0. The minimum Gasteiger partial charge on any atom is -0.481 e. The molecule has 1 fully saturated rings. The molecule has 28 heavy (non-hydrogen) atoms. The minimum absolute atomic E-state index is 0.0530. The molecule has 4 nitrogen and oxygen atoms in total. The molecule has 0 aromatic heterocycles. The zero-order valence-electron chi connectivity index (χ0n) is 15.0. The lowest BCUT2D eigenvalue weighted by molar-refractivity contribution is -0.142.